The van der Waals surface area contributed by atoms with Gasteiger partial charge in [0.05, 0.1) is 10.5 Å². The van der Waals surface area contributed by atoms with Crippen LogP contribution in [0, 0.1) is 0 Å². The van der Waals surface area contributed by atoms with Crippen LogP contribution in [0.25, 0.3) is 0 Å². The highest BCUT2D eigenvalue weighted by atomic mass is 127. The van der Waals surface area contributed by atoms with Crippen molar-refractivity contribution in [2.45, 2.75) is 44.9 Å². The number of likely N-dealkylation sites (N-methyl/N-ethyl adjacent to an activating group) is 1. The molecule has 8 heteroatoms. The van der Waals surface area contributed by atoms with E-state index in [0.717, 1.165) is 32.0 Å². The summed E-state index contributed by atoms with van der Waals surface area (Å²) in [6.45, 7) is 11.7. The molecule has 0 radical (unpaired) electrons. The largest absolute Gasteiger partial charge is 0.355 e. The van der Waals surface area contributed by atoms with Crippen LogP contribution < -0.4 is 5.32 Å². The molecule has 29 heavy (non-hydrogen) atoms. The van der Waals surface area contributed by atoms with Gasteiger partial charge in [0.1, 0.15) is 0 Å². The predicted molar refractivity (Wildman–Crippen MR) is 133 cm³/mol. The van der Waals surface area contributed by atoms with Gasteiger partial charge in [-0.25, -0.2) is 8.42 Å². The summed E-state index contributed by atoms with van der Waals surface area (Å²) in [5, 5.41) is 3.51. The minimum atomic E-state index is -3.06. The summed E-state index contributed by atoms with van der Waals surface area (Å²) in [7, 11) is -1.30. The SMILES string of the molecule is CCN(CC)C(CNC(=NC)N1CCS(=O)(=O)C(C)(C)C1)Cc1ccccc1.I. The van der Waals surface area contributed by atoms with Gasteiger partial charge in [0.2, 0.25) is 0 Å². The summed E-state index contributed by atoms with van der Waals surface area (Å²) >= 11 is 0. The van der Waals surface area contributed by atoms with Gasteiger partial charge >= 0.3 is 0 Å². The van der Waals surface area contributed by atoms with Crippen LogP contribution in [0.2, 0.25) is 0 Å². The molecule has 1 fully saturated rings. The molecule has 1 aliphatic heterocycles. The van der Waals surface area contributed by atoms with E-state index in [9.17, 15) is 8.42 Å². The normalized spacial score (nSPS) is 19.5. The van der Waals surface area contributed by atoms with Crippen LogP contribution in [0.1, 0.15) is 33.3 Å². The number of benzene rings is 1. The molecule has 1 atom stereocenters. The Kier molecular flexibility index (Phi) is 10.4. The van der Waals surface area contributed by atoms with Crippen LogP contribution in [0.3, 0.4) is 0 Å². The number of rotatable bonds is 7. The first kappa shape index (κ1) is 26.2. The minimum absolute atomic E-state index is 0. The molecule has 0 aliphatic carbocycles. The van der Waals surface area contributed by atoms with Crippen LogP contribution in [-0.4, -0.2) is 80.5 Å². The van der Waals surface area contributed by atoms with Crippen molar-refractivity contribution in [2.75, 3.05) is 45.5 Å². The zero-order valence-corrected chi connectivity index (χ0v) is 21.5. The quantitative estimate of drug-likeness (QED) is 0.330. The van der Waals surface area contributed by atoms with E-state index in [1.165, 1.54) is 5.56 Å². The minimum Gasteiger partial charge on any atom is -0.355 e. The number of nitrogens with one attached hydrogen (secondary N) is 1. The number of hydrogen-bond acceptors (Lipinski definition) is 4. The van der Waals surface area contributed by atoms with Gasteiger partial charge in [-0.3, -0.25) is 9.89 Å². The van der Waals surface area contributed by atoms with Crippen LogP contribution in [0.4, 0.5) is 0 Å². The molecule has 1 saturated heterocycles. The molecule has 0 spiro atoms. The molecule has 1 aliphatic rings. The van der Waals surface area contributed by atoms with E-state index in [4.69, 9.17) is 0 Å². The van der Waals surface area contributed by atoms with Gasteiger partial charge in [-0.1, -0.05) is 44.2 Å². The highest BCUT2D eigenvalue weighted by Crippen LogP contribution is 2.23. The molecule has 0 aromatic heterocycles. The lowest BCUT2D eigenvalue weighted by Gasteiger charge is -2.40. The summed E-state index contributed by atoms with van der Waals surface area (Å²) in [5.41, 5.74) is 1.32. The predicted octanol–water partition coefficient (Wildman–Crippen LogP) is 2.64. The Morgan fingerprint density at radius 2 is 1.86 bits per heavy atom. The molecule has 1 aromatic carbocycles. The van der Waals surface area contributed by atoms with Crippen molar-refractivity contribution in [1.29, 1.82) is 0 Å². The van der Waals surface area contributed by atoms with Crippen LogP contribution >= 0.6 is 24.0 Å². The Bertz CT molecular complexity index is 749. The average molecular weight is 537 g/mol. The smallest absolute Gasteiger partial charge is 0.193 e. The Morgan fingerprint density at radius 3 is 2.38 bits per heavy atom. The number of sulfone groups is 1. The summed E-state index contributed by atoms with van der Waals surface area (Å²) in [4.78, 5) is 8.96. The molecule has 0 amide bonds. The topological polar surface area (TPSA) is 65.0 Å². The third kappa shape index (κ3) is 6.82. The van der Waals surface area contributed by atoms with Crippen LogP contribution in [-0.2, 0) is 16.3 Å². The summed E-state index contributed by atoms with van der Waals surface area (Å²) in [5.74, 6) is 0.956. The molecule has 0 bridgehead atoms. The maximum atomic E-state index is 12.3. The second-order valence-corrected chi connectivity index (χ2v) is 10.7. The maximum absolute atomic E-state index is 12.3. The van der Waals surface area contributed by atoms with E-state index in [2.05, 4.69) is 58.2 Å². The molecule has 1 unspecified atom stereocenters. The zero-order chi connectivity index (χ0) is 20.8. The van der Waals surface area contributed by atoms with Crippen molar-refractivity contribution in [2.24, 2.45) is 4.99 Å². The van der Waals surface area contributed by atoms with Gasteiger partial charge in [0, 0.05) is 32.7 Å². The van der Waals surface area contributed by atoms with Crippen molar-refractivity contribution in [1.82, 2.24) is 15.1 Å². The molecule has 6 nitrogen and oxygen atoms in total. The first-order valence-corrected chi connectivity index (χ1v) is 11.8. The molecule has 0 saturated carbocycles. The highest BCUT2D eigenvalue weighted by Gasteiger charge is 2.41. The molecule has 2 rings (SSSR count). The molecular formula is C21H37IN4O2S. The van der Waals surface area contributed by atoms with Gasteiger partial charge in [0.15, 0.2) is 15.8 Å². The molecule has 1 heterocycles. The second kappa shape index (κ2) is 11.5. The molecule has 166 valence electrons. The number of aliphatic imine (C=N–C) groups is 1. The van der Waals surface area contributed by atoms with Gasteiger partial charge in [0.25, 0.3) is 0 Å². The molecule has 1 aromatic rings. The Labute approximate surface area is 194 Å². The van der Waals surface area contributed by atoms with Crippen LogP contribution in [0.15, 0.2) is 35.3 Å². The lowest BCUT2D eigenvalue weighted by Crippen LogP contribution is -2.58. The third-order valence-electron chi connectivity index (χ3n) is 5.69. The first-order valence-electron chi connectivity index (χ1n) is 10.2. The summed E-state index contributed by atoms with van der Waals surface area (Å²) in [6, 6.07) is 10.9. The van der Waals surface area contributed by atoms with E-state index in [1.54, 1.807) is 20.9 Å². The van der Waals surface area contributed by atoms with E-state index in [0.29, 0.717) is 19.1 Å². The number of hydrogen-bond donors (Lipinski definition) is 1. The Hall–Kier alpha value is -0.870. The number of nitrogens with zero attached hydrogens (tertiary/aromatic N) is 3. The zero-order valence-electron chi connectivity index (χ0n) is 18.4. The van der Waals surface area contributed by atoms with Gasteiger partial charge < -0.3 is 10.2 Å². The Balaban J connectivity index is 0.00000420. The molecule has 1 N–H and O–H groups in total. The Morgan fingerprint density at radius 1 is 1.24 bits per heavy atom. The van der Waals surface area contributed by atoms with Gasteiger partial charge in [-0.15, -0.1) is 24.0 Å². The fraction of sp³-hybridized carbons (Fsp3) is 0.667. The number of halogens is 1. The van der Waals surface area contributed by atoms with Gasteiger partial charge in [-0.05, 0) is 38.9 Å². The number of guanidine groups is 1. The second-order valence-electron chi connectivity index (χ2n) is 7.99. The van der Waals surface area contributed by atoms with E-state index in [-0.39, 0.29) is 29.7 Å². The van der Waals surface area contributed by atoms with E-state index < -0.39 is 14.6 Å². The van der Waals surface area contributed by atoms with E-state index in [1.807, 2.05) is 6.07 Å². The fourth-order valence-corrected chi connectivity index (χ4v) is 5.19. The first-order chi connectivity index (χ1) is 13.2. The lowest BCUT2D eigenvalue weighted by atomic mass is 10.0. The standard InChI is InChI=1S/C21H36N4O2S.HI/c1-6-24(7-2)19(15-18-11-9-8-10-12-18)16-23-20(22-5)25-13-14-28(26,27)21(3,4)17-25;/h8-12,19H,6-7,13-17H2,1-5H3,(H,22,23);1H. The van der Waals surface area contributed by atoms with Gasteiger partial charge in [-0.2, -0.15) is 0 Å². The fourth-order valence-electron chi connectivity index (χ4n) is 3.82. The lowest BCUT2D eigenvalue weighted by molar-refractivity contribution is 0.213. The average Bonchev–Trinajstić information content (AvgIpc) is 2.66. The summed E-state index contributed by atoms with van der Waals surface area (Å²) < 4.78 is 23.8. The highest BCUT2D eigenvalue weighted by molar-refractivity contribution is 14.0. The van der Waals surface area contributed by atoms with Crippen molar-refractivity contribution < 1.29 is 8.42 Å². The van der Waals surface area contributed by atoms with Crippen molar-refractivity contribution in [3.63, 3.8) is 0 Å². The summed E-state index contributed by atoms with van der Waals surface area (Å²) in [6.07, 6.45) is 0.965. The van der Waals surface area contributed by atoms with Crippen molar-refractivity contribution in [3.05, 3.63) is 35.9 Å². The van der Waals surface area contributed by atoms with Crippen LogP contribution in [0.5, 0.6) is 0 Å². The maximum Gasteiger partial charge on any atom is 0.193 e. The third-order valence-corrected chi connectivity index (χ3v) is 8.23. The molecular weight excluding hydrogens is 499 g/mol. The van der Waals surface area contributed by atoms with E-state index >= 15 is 0 Å². The van der Waals surface area contributed by atoms with Crippen molar-refractivity contribution in [3.8, 4) is 0 Å². The monoisotopic (exact) mass is 536 g/mol. The van der Waals surface area contributed by atoms with Crippen molar-refractivity contribution >= 4 is 39.8 Å².